The fourth-order valence-corrected chi connectivity index (χ4v) is 1.85. The molecule has 0 unspecified atom stereocenters. The van der Waals surface area contributed by atoms with Gasteiger partial charge in [0.15, 0.2) is 0 Å². The third-order valence-corrected chi connectivity index (χ3v) is 3.09. The summed E-state index contributed by atoms with van der Waals surface area (Å²) in [6, 6.07) is 12.9. The highest BCUT2D eigenvalue weighted by Crippen LogP contribution is 2.14. The molecule has 0 fully saturated rings. The van der Waals surface area contributed by atoms with Crippen LogP contribution in [-0.4, -0.2) is 5.91 Å². The molecular formula is C15H11FN2OS. The van der Waals surface area contributed by atoms with Gasteiger partial charge in [-0.25, -0.2) is 4.39 Å². The number of nitrogens with one attached hydrogen (secondary N) is 1. The van der Waals surface area contributed by atoms with Crippen LogP contribution in [0.3, 0.4) is 0 Å². The summed E-state index contributed by atoms with van der Waals surface area (Å²) >= 11 is 3.94. The second kappa shape index (κ2) is 6.22. The van der Waals surface area contributed by atoms with E-state index in [2.05, 4.69) is 17.9 Å². The molecule has 2 aromatic rings. The number of benzene rings is 2. The summed E-state index contributed by atoms with van der Waals surface area (Å²) in [6.07, 6.45) is 0. The van der Waals surface area contributed by atoms with Gasteiger partial charge in [-0.15, -0.1) is 12.6 Å². The molecule has 100 valence electrons. The van der Waals surface area contributed by atoms with Gasteiger partial charge in [-0.05, 0) is 35.9 Å². The van der Waals surface area contributed by atoms with Crippen LogP contribution in [0.15, 0.2) is 47.4 Å². The summed E-state index contributed by atoms with van der Waals surface area (Å²) in [6.45, 7) is 0.337. The van der Waals surface area contributed by atoms with Crippen LogP contribution >= 0.6 is 12.6 Å². The Bertz CT molecular complexity index is 677. The molecule has 1 N–H and O–H groups in total. The van der Waals surface area contributed by atoms with E-state index in [4.69, 9.17) is 5.26 Å². The van der Waals surface area contributed by atoms with Gasteiger partial charge in [-0.2, -0.15) is 5.26 Å². The molecule has 2 rings (SSSR count). The van der Waals surface area contributed by atoms with Gasteiger partial charge in [0.1, 0.15) is 5.82 Å². The number of hydrogen-bond acceptors (Lipinski definition) is 3. The van der Waals surface area contributed by atoms with E-state index < -0.39 is 5.82 Å². The Labute approximate surface area is 121 Å². The Hall–Kier alpha value is -2.32. The first kappa shape index (κ1) is 14.1. The van der Waals surface area contributed by atoms with Gasteiger partial charge in [0.2, 0.25) is 0 Å². The van der Waals surface area contributed by atoms with Gasteiger partial charge in [-0.1, -0.05) is 12.1 Å². The SMILES string of the molecule is N#Cc1ccc(CNC(=O)c2ccc(F)c(S)c2)cc1. The lowest BCUT2D eigenvalue weighted by molar-refractivity contribution is 0.0950. The first-order valence-electron chi connectivity index (χ1n) is 5.86. The normalized spacial score (nSPS) is 9.85. The summed E-state index contributed by atoms with van der Waals surface area (Å²) in [5.41, 5.74) is 1.80. The maximum atomic E-state index is 13.0. The molecule has 0 radical (unpaired) electrons. The number of carbonyl (C=O) groups excluding carboxylic acids is 1. The Balaban J connectivity index is 2.01. The van der Waals surface area contributed by atoms with E-state index in [1.165, 1.54) is 18.2 Å². The van der Waals surface area contributed by atoms with Crippen molar-refractivity contribution >= 4 is 18.5 Å². The van der Waals surface area contributed by atoms with Crippen LogP contribution in [0.4, 0.5) is 4.39 Å². The third kappa shape index (κ3) is 3.37. The minimum Gasteiger partial charge on any atom is -0.348 e. The van der Waals surface area contributed by atoms with Crippen LogP contribution < -0.4 is 5.32 Å². The second-order valence-corrected chi connectivity index (χ2v) is 4.64. The summed E-state index contributed by atoms with van der Waals surface area (Å²) in [5, 5.41) is 11.4. The average Bonchev–Trinajstić information content (AvgIpc) is 2.48. The topological polar surface area (TPSA) is 52.9 Å². The van der Waals surface area contributed by atoms with Crippen LogP contribution in [-0.2, 0) is 6.54 Å². The molecule has 2 aromatic carbocycles. The molecule has 0 spiro atoms. The molecule has 0 aliphatic heterocycles. The molecule has 0 bridgehead atoms. The van der Waals surface area contributed by atoms with Crippen LogP contribution in [0.1, 0.15) is 21.5 Å². The number of carbonyl (C=O) groups is 1. The lowest BCUT2D eigenvalue weighted by atomic mass is 10.1. The smallest absolute Gasteiger partial charge is 0.251 e. The molecular weight excluding hydrogens is 275 g/mol. The zero-order valence-corrected chi connectivity index (χ0v) is 11.3. The predicted octanol–water partition coefficient (Wildman–Crippen LogP) is 2.92. The Morgan fingerprint density at radius 2 is 1.95 bits per heavy atom. The van der Waals surface area contributed by atoms with Crippen LogP contribution in [0.5, 0.6) is 0 Å². The first-order valence-corrected chi connectivity index (χ1v) is 6.30. The number of halogens is 1. The van der Waals surface area contributed by atoms with Gasteiger partial charge in [-0.3, -0.25) is 4.79 Å². The zero-order chi connectivity index (χ0) is 14.5. The van der Waals surface area contributed by atoms with Crippen molar-refractivity contribution in [2.24, 2.45) is 0 Å². The lowest BCUT2D eigenvalue weighted by Crippen LogP contribution is -2.22. The van der Waals surface area contributed by atoms with Crippen molar-refractivity contribution in [3.8, 4) is 6.07 Å². The first-order chi connectivity index (χ1) is 9.60. The predicted molar refractivity (Wildman–Crippen MR) is 76.0 cm³/mol. The van der Waals surface area contributed by atoms with Crippen molar-refractivity contribution in [3.63, 3.8) is 0 Å². The van der Waals surface area contributed by atoms with Crippen LogP contribution in [0, 0.1) is 17.1 Å². The highest BCUT2D eigenvalue weighted by molar-refractivity contribution is 7.80. The Morgan fingerprint density at radius 1 is 1.25 bits per heavy atom. The highest BCUT2D eigenvalue weighted by atomic mass is 32.1. The summed E-state index contributed by atoms with van der Waals surface area (Å²) in [5.74, 6) is -0.762. The van der Waals surface area contributed by atoms with Crippen LogP contribution in [0.2, 0.25) is 0 Å². The maximum Gasteiger partial charge on any atom is 0.251 e. The van der Waals surface area contributed by atoms with Gasteiger partial charge < -0.3 is 5.32 Å². The molecule has 5 heteroatoms. The van der Waals surface area contributed by atoms with Gasteiger partial charge in [0, 0.05) is 17.0 Å². The Morgan fingerprint density at radius 3 is 2.55 bits per heavy atom. The van der Waals surface area contributed by atoms with Crippen molar-refractivity contribution in [2.75, 3.05) is 0 Å². The van der Waals surface area contributed by atoms with E-state index in [9.17, 15) is 9.18 Å². The molecule has 1 amide bonds. The van der Waals surface area contributed by atoms with Crippen molar-refractivity contribution in [1.82, 2.24) is 5.32 Å². The van der Waals surface area contributed by atoms with Crippen molar-refractivity contribution in [2.45, 2.75) is 11.4 Å². The van der Waals surface area contributed by atoms with Crippen molar-refractivity contribution in [1.29, 1.82) is 5.26 Å². The molecule has 0 aromatic heterocycles. The van der Waals surface area contributed by atoms with E-state index in [-0.39, 0.29) is 10.8 Å². The second-order valence-electron chi connectivity index (χ2n) is 4.16. The van der Waals surface area contributed by atoms with Crippen molar-refractivity contribution in [3.05, 3.63) is 65.0 Å². The van der Waals surface area contributed by atoms with Gasteiger partial charge in [0.05, 0.1) is 11.6 Å². The van der Waals surface area contributed by atoms with Gasteiger partial charge >= 0.3 is 0 Å². The number of amides is 1. The molecule has 0 saturated heterocycles. The number of rotatable bonds is 3. The Kier molecular flexibility index (Phi) is 4.38. The molecule has 20 heavy (non-hydrogen) atoms. The fourth-order valence-electron chi connectivity index (χ4n) is 1.64. The molecule has 3 nitrogen and oxygen atoms in total. The number of nitrogens with zero attached hydrogens (tertiary/aromatic N) is 1. The standard InChI is InChI=1S/C15H11FN2OS/c16-13-6-5-12(7-14(13)20)15(19)18-9-11-3-1-10(8-17)2-4-11/h1-7,20H,9H2,(H,18,19). The number of nitriles is 1. The van der Waals surface area contributed by atoms with Crippen molar-refractivity contribution < 1.29 is 9.18 Å². The quantitative estimate of drug-likeness (QED) is 0.852. The third-order valence-electron chi connectivity index (χ3n) is 2.74. The minimum absolute atomic E-state index is 0.135. The molecule has 0 atom stereocenters. The molecule has 0 heterocycles. The van der Waals surface area contributed by atoms with E-state index >= 15 is 0 Å². The van der Waals surface area contributed by atoms with E-state index in [1.807, 2.05) is 6.07 Å². The number of hydrogen-bond donors (Lipinski definition) is 2. The van der Waals surface area contributed by atoms with Crippen LogP contribution in [0.25, 0.3) is 0 Å². The average molecular weight is 286 g/mol. The van der Waals surface area contributed by atoms with E-state index in [1.54, 1.807) is 24.3 Å². The van der Waals surface area contributed by atoms with Gasteiger partial charge in [0.25, 0.3) is 5.91 Å². The van der Waals surface area contributed by atoms with E-state index in [0.717, 1.165) is 5.56 Å². The summed E-state index contributed by atoms with van der Waals surface area (Å²) in [7, 11) is 0. The molecule has 0 aliphatic carbocycles. The number of thiol groups is 1. The minimum atomic E-state index is -0.461. The molecule has 0 saturated carbocycles. The highest BCUT2D eigenvalue weighted by Gasteiger charge is 2.07. The zero-order valence-electron chi connectivity index (χ0n) is 10.4. The lowest BCUT2D eigenvalue weighted by Gasteiger charge is -2.06. The summed E-state index contributed by atoms with van der Waals surface area (Å²) < 4.78 is 13.0. The molecule has 0 aliphatic rings. The summed E-state index contributed by atoms with van der Waals surface area (Å²) in [4.78, 5) is 12.0. The van der Waals surface area contributed by atoms with E-state index in [0.29, 0.717) is 17.7 Å². The largest absolute Gasteiger partial charge is 0.348 e. The monoisotopic (exact) mass is 286 g/mol. The fraction of sp³-hybridized carbons (Fsp3) is 0.0667. The maximum absolute atomic E-state index is 13.0.